The fourth-order valence-corrected chi connectivity index (χ4v) is 3.20. The molecule has 1 spiro atoms. The zero-order valence-electron chi connectivity index (χ0n) is 13.3. The molecular weight excluding hydrogens is 290 g/mol. The Hall–Kier alpha value is -2.43. The van der Waals surface area contributed by atoms with Gasteiger partial charge in [0.25, 0.3) is 5.91 Å². The number of hydrogen-bond acceptors (Lipinski definition) is 3. The van der Waals surface area contributed by atoms with Gasteiger partial charge in [0.2, 0.25) is 0 Å². The van der Waals surface area contributed by atoms with Crippen LogP contribution < -0.4 is 5.32 Å². The number of amides is 3. The molecule has 5 heteroatoms. The van der Waals surface area contributed by atoms with Gasteiger partial charge in [-0.25, -0.2) is 4.79 Å². The first kappa shape index (κ1) is 15.5. The fraction of sp³-hybridized carbons (Fsp3) is 0.389. The van der Waals surface area contributed by atoms with Crippen LogP contribution >= 0.6 is 0 Å². The smallest absolute Gasteiger partial charge is 0.321 e. The highest BCUT2D eigenvalue weighted by Crippen LogP contribution is 2.33. The third-order valence-electron chi connectivity index (χ3n) is 4.42. The zero-order valence-corrected chi connectivity index (χ0v) is 13.3. The summed E-state index contributed by atoms with van der Waals surface area (Å²) >= 11 is 0. The van der Waals surface area contributed by atoms with E-state index in [1.165, 1.54) is 0 Å². The summed E-state index contributed by atoms with van der Waals surface area (Å²) in [6.45, 7) is 1.89. The number of allylic oxidation sites excluding steroid dienone is 1. The zero-order chi connectivity index (χ0) is 16.3. The van der Waals surface area contributed by atoms with Crippen molar-refractivity contribution in [3.8, 4) is 0 Å². The molecule has 3 amide bonds. The molecule has 1 N–H and O–H groups in total. The number of hydrogen-bond donors (Lipinski definition) is 1. The number of carbonyl (C=O) groups is 2. The summed E-state index contributed by atoms with van der Waals surface area (Å²) in [6.07, 6.45) is 8.00. The van der Waals surface area contributed by atoms with Crippen LogP contribution in [0.5, 0.6) is 0 Å². The van der Waals surface area contributed by atoms with Gasteiger partial charge >= 0.3 is 6.03 Å². The average Bonchev–Trinajstić information content (AvgIpc) is 2.77. The first-order chi connectivity index (χ1) is 11.1. The van der Waals surface area contributed by atoms with Crippen molar-refractivity contribution in [1.82, 2.24) is 10.3 Å². The number of benzene rings is 1. The van der Waals surface area contributed by atoms with E-state index in [1.807, 2.05) is 43.3 Å². The van der Waals surface area contributed by atoms with Gasteiger partial charge in [-0.05, 0) is 30.9 Å². The molecule has 1 aromatic carbocycles. The molecule has 1 aliphatic heterocycles. The Labute approximate surface area is 136 Å². The van der Waals surface area contributed by atoms with Crippen molar-refractivity contribution < 1.29 is 9.59 Å². The van der Waals surface area contributed by atoms with Crippen LogP contribution in [0.1, 0.15) is 44.6 Å². The molecule has 23 heavy (non-hydrogen) atoms. The van der Waals surface area contributed by atoms with Crippen LogP contribution in [-0.2, 0) is 4.79 Å². The Morgan fingerprint density at radius 2 is 1.87 bits per heavy atom. The molecule has 0 unspecified atom stereocenters. The van der Waals surface area contributed by atoms with Crippen molar-refractivity contribution in [3.05, 3.63) is 41.5 Å². The summed E-state index contributed by atoms with van der Waals surface area (Å²) in [5.74, 6) is -0.217. The molecule has 0 bridgehead atoms. The van der Waals surface area contributed by atoms with Gasteiger partial charge in [0, 0.05) is 0 Å². The van der Waals surface area contributed by atoms with Crippen molar-refractivity contribution in [1.29, 1.82) is 0 Å². The molecule has 0 atom stereocenters. The van der Waals surface area contributed by atoms with E-state index in [1.54, 1.807) is 6.21 Å². The maximum Gasteiger partial charge on any atom is 0.346 e. The number of carbonyl (C=O) groups excluding carboxylic acids is 2. The molecule has 0 radical (unpaired) electrons. The van der Waals surface area contributed by atoms with Gasteiger partial charge in [-0.2, -0.15) is 5.10 Å². The summed E-state index contributed by atoms with van der Waals surface area (Å²) in [5.41, 5.74) is 1.21. The largest absolute Gasteiger partial charge is 0.346 e. The van der Waals surface area contributed by atoms with Gasteiger partial charge < -0.3 is 5.32 Å². The van der Waals surface area contributed by atoms with Crippen LogP contribution in [0.2, 0.25) is 0 Å². The molecule has 1 heterocycles. The second kappa shape index (κ2) is 6.36. The first-order valence-corrected chi connectivity index (χ1v) is 8.05. The van der Waals surface area contributed by atoms with Crippen molar-refractivity contribution in [2.45, 2.75) is 44.6 Å². The molecule has 0 aromatic heterocycles. The van der Waals surface area contributed by atoms with Gasteiger partial charge in [0.1, 0.15) is 5.54 Å². The van der Waals surface area contributed by atoms with Crippen LogP contribution in [0.4, 0.5) is 4.79 Å². The number of hydrazone groups is 1. The van der Waals surface area contributed by atoms with Gasteiger partial charge in [0.05, 0.1) is 6.21 Å². The van der Waals surface area contributed by atoms with Crippen LogP contribution in [-0.4, -0.2) is 28.7 Å². The average molecular weight is 311 g/mol. The molecule has 5 nitrogen and oxygen atoms in total. The highest BCUT2D eigenvalue weighted by molar-refractivity contribution is 6.07. The summed E-state index contributed by atoms with van der Waals surface area (Å²) in [4.78, 5) is 24.7. The minimum Gasteiger partial charge on any atom is -0.321 e. The molecule has 1 aliphatic carbocycles. The maximum atomic E-state index is 12.6. The Kier molecular flexibility index (Phi) is 4.28. The monoisotopic (exact) mass is 311 g/mol. The summed E-state index contributed by atoms with van der Waals surface area (Å²) in [7, 11) is 0. The Balaban J connectivity index is 1.73. The quantitative estimate of drug-likeness (QED) is 0.687. The topological polar surface area (TPSA) is 61.8 Å². The van der Waals surface area contributed by atoms with Gasteiger partial charge in [-0.3, -0.25) is 4.79 Å². The highest BCUT2D eigenvalue weighted by atomic mass is 16.2. The first-order valence-electron chi connectivity index (χ1n) is 8.05. The fourth-order valence-electron chi connectivity index (χ4n) is 3.20. The van der Waals surface area contributed by atoms with Gasteiger partial charge in [0.15, 0.2) is 0 Å². The Morgan fingerprint density at radius 1 is 1.17 bits per heavy atom. The van der Waals surface area contributed by atoms with E-state index < -0.39 is 11.6 Å². The number of nitrogens with zero attached hydrogens (tertiary/aromatic N) is 2. The van der Waals surface area contributed by atoms with Crippen LogP contribution in [0.3, 0.4) is 0 Å². The van der Waals surface area contributed by atoms with Crippen molar-refractivity contribution >= 4 is 24.2 Å². The molecule has 1 saturated heterocycles. The third-order valence-corrected chi connectivity index (χ3v) is 4.42. The van der Waals surface area contributed by atoms with E-state index in [9.17, 15) is 9.59 Å². The van der Waals surface area contributed by atoms with E-state index in [4.69, 9.17) is 0 Å². The number of imide groups is 1. The minimum atomic E-state index is -0.719. The summed E-state index contributed by atoms with van der Waals surface area (Å²) in [6, 6.07) is 9.43. The Morgan fingerprint density at radius 3 is 2.57 bits per heavy atom. The van der Waals surface area contributed by atoms with Crippen molar-refractivity contribution in [2.24, 2.45) is 5.10 Å². The Bertz CT molecular complexity index is 658. The molecular formula is C18H21N3O2. The molecule has 120 valence electrons. The standard InChI is InChI=1S/C18H21N3O2/c1-14(12-15-8-4-2-5-9-15)13-19-21-16(22)18(20-17(21)23)10-6-3-7-11-18/h2,4-5,8-9,12-13H,3,6-7,10-11H2,1H3,(H,20,23)/b14-12-,19-13-. The van der Waals surface area contributed by atoms with E-state index >= 15 is 0 Å². The van der Waals surface area contributed by atoms with Crippen LogP contribution in [0.25, 0.3) is 6.08 Å². The maximum absolute atomic E-state index is 12.6. The molecule has 1 saturated carbocycles. The van der Waals surface area contributed by atoms with Crippen LogP contribution in [0.15, 0.2) is 41.0 Å². The lowest BCUT2D eigenvalue weighted by Crippen LogP contribution is -2.48. The second-order valence-corrected chi connectivity index (χ2v) is 6.23. The third kappa shape index (κ3) is 3.18. The lowest BCUT2D eigenvalue weighted by atomic mass is 9.82. The number of urea groups is 1. The minimum absolute atomic E-state index is 0.217. The highest BCUT2D eigenvalue weighted by Gasteiger charge is 2.51. The number of nitrogens with one attached hydrogen (secondary N) is 1. The lowest BCUT2D eigenvalue weighted by molar-refractivity contribution is -0.132. The lowest BCUT2D eigenvalue weighted by Gasteiger charge is -2.29. The molecule has 3 rings (SSSR count). The van der Waals surface area contributed by atoms with E-state index in [0.29, 0.717) is 12.8 Å². The van der Waals surface area contributed by atoms with E-state index in [0.717, 1.165) is 35.4 Å². The van der Waals surface area contributed by atoms with E-state index in [2.05, 4.69) is 10.4 Å². The van der Waals surface area contributed by atoms with Crippen molar-refractivity contribution in [2.75, 3.05) is 0 Å². The van der Waals surface area contributed by atoms with E-state index in [-0.39, 0.29) is 5.91 Å². The van der Waals surface area contributed by atoms with Crippen LogP contribution in [0, 0.1) is 0 Å². The summed E-state index contributed by atoms with van der Waals surface area (Å²) < 4.78 is 0. The molecule has 2 aliphatic rings. The normalized spacial score (nSPS) is 21.3. The van der Waals surface area contributed by atoms with Gasteiger partial charge in [-0.15, -0.1) is 5.01 Å². The predicted molar refractivity (Wildman–Crippen MR) is 89.8 cm³/mol. The summed E-state index contributed by atoms with van der Waals surface area (Å²) in [5, 5.41) is 7.94. The number of rotatable bonds is 3. The molecule has 2 fully saturated rings. The molecule has 1 aromatic rings. The SMILES string of the molecule is CC(/C=N\N1C(=O)NC2(CCCCC2)C1=O)=C/c1ccccc1. The van der Waals surface area contributed by atoms with Crippen molar-refractivity contribution in [3.63, 3.8) is 0 Å². The predicted octanol–water partition coefficient (Wildman–Crippen LogP) is 3.33. The second-order valence-electron chi connectivity index (χ2n) is 6.23. The van der Waals surface area contributed by atoms with Gasteiger partial charge in [-0.1, -0.05) is 55.7 Å².